The molecule has 2 aliphatic heterocycles. The van der Waals surface area contributed by atoms with Gasteiger partial charge in [-0.25, -0.2) is 4.98 Å². The Kier molecular flexibility index (Phi) is 8.81. The summed E-state index contributed by atoms with van der Waals surface area (Å²) in [4.78, 5) is 46.5. The maximum atomic E-state index is 13.7. The molecule has 2 fully saturated rings. The number of amides is 3. The van der Waals surface area contributed by atoms with Gasteiger partial charge in [-0.2, -0.15) is 0 Å². The number of hydrogen-bond acceptors (Lipinski definition) is 8. The summed E-state index contributed by atoms with van der Waals surface area (Å²) >= 11 is 1.58. The smallest absolute Gasteiger partial charge is 0.251 e. The summed E-state index contributed by atoms with van der Waals surface area (Å²) in [5, 5.41) is 19.2. The van der Waals surface area contributed by atoms with E-state index in [-0.39, 0.29) is 24.8 Å². The van der Waals surface area contributed by atoms with E-state index >= 15 is 0 Å². The van der Waals surface area contributed by atoms with Gasteiger partial charge in [0, 0.05) is 32.6 Å². The number of thiazole rings is 1. The van der Waals surface area contributed by atoms with Gasteiger partial charge in [0.25, 0.3) is 5.91 Å². The Morgan fingerprint density at radius 1 is 1.24 bits per heavy atom. The lowest BCUT2D eigenvalue weighted by molar-refractivity contribution is -0.146. The Hall–Kier alpha value is -2.86. The number of likely N-dealkylation sites (tertiary alicyclic amines) is 1. The average Bonchev–Trinajstić information content (AvgIpc) is 3.50. The quantitative estimate of drug-likeness (QED) is 0.413. The number of hydrogen-bond donors (Lipinski definition) is 4. The Balaban J connectivity index is 1.41. The largest absolute Gasteiger partial charge is 0.391 e. The predicted octanol–water partition coefficient (Wildman–Crippen LogP) is 1.22. The van der Waals surface area contributed by atoms with Crippen molar-refractivity contribution in [3.8, 4) is 10.4 Å². The zero-order valence-corrected chi connectivity index (χ0v) is 23.1. The van der Waals surface area contributed by atoms with Gasteiger partial charge in [-0.15, -0.1) is 11.3 Å². The van der Waals surface area contributed by atoms with Crippen LogP contribution in [0.2, 0.25) is 0 Å². The first kappa shape index (κ1) is 28.2. The molecule has 3 amide bonds. The van der Waals surface area contributed by atoms with Gasteiger partial charge in [0.2, 0.25) is 11.8 Å². The topological polar surface area (TPSA) is 133 Å². The van der Waals surface area contributed by atoms with Gasteiger partial charge in [0.1, 0.15) is 18.2 Å². The van der Waals surface area contributed by atoms with Gasteiger partial charge >= 0.3 is 0 Å². The molecule has 4 rings (SSSR count). The molecular formula is C27H37N5O5S. The van der Waals surface area contributed by atoms with E-state index in [1.807, 2.05) is 57.5 Å². The van der Waals surface area contributed by atoms with Gasteiger partial charge in [-0.05, 0) is 23.5 Å². The highest BCUT2D eigenvalue weighted by Gasteiger charge is 2.45. The summed E-state index contributed by atoms with van der Waals surface area (Å²) in [5.41, 5.74) is 4.16. The van der Waals surface area contributed by atoms with Crippen molar-refractivity contribution in [2.24, 2.45) is 5.41 Å². The maximum absolute atomic E-state index is 13.7. The number of nitrogens with one attached hydrogen (secondary N) is 3. The van der Waals surface area contributed by atoms with Crippen molar-refractivity contribution in [3.05, 3.63) is 41.0 Å². The molecule has 0 radical (unpaired) electrons. The van der Waals surface area contributed by atoms with Crippen LogP contribution in [-0.2, 0) is 25.7 Å². The molecular weight excluding hydrogens is 506 g/mol. The fraction of sp³-hybridized carbons (Fsp3) is 0.556. The number of aromatic nitrogens is 1. The Morgan fingerprint density at radius 2 is 1.97 bits per heavy atom. The van der Waals surface area contributed by atoms with Crippen LogP contribution in [-0.4, -0.2) is 83.2 Å². The first-order valence-corrected chi connectivity index (χ1v) is 13.8. The molecule has 2 aliphatic rings. The van der Waals surface area contributed by atoms with Gasteiger partial charge in [0.15, 0.2) is 0 Å². The van der Waals surface area contributed by atoms with Crippen LogP contribution in [0.15, 0.2) is 29.8 Å². The summed E-state index contributed by atoms with van der Waals surface area (Å²) in [6.07, 6.45) is -1.36. The first-order valence-electron chi connectivity index (χ1n) is 12.9. The third-order valence-electron chi connectivity index (χ3n) is 6.91. The van der Waals surface area contributed by atoms with E-state index in [1.165, 1.54) is 4.90 Å². The predicted molar refractivity (Wildman–Crippen MR) is 144 cm³/mol. The molecule has 0 spiro atoms. The molecule has 3 heterocycles. The third kappa shape index (κ3) is 6.58. The summed E-state index contributed by atoms with van der Waals surface area (Å²) in [6, 6.07) is 6.19. The standard InChI is InChI=1S/C27H37N5O5S/c1-16-22(38-15-30-16)18-7-5-17(6-8-18)12-29-24(34)20-11-19(33)14-32(20)26(36)23(27(2,3)4)31-25(35)21-13-28-9-10-37-21/h5-8,15,19-21,23,28,33H,9-14H2,1-4H3,(H,29,34)(H,31,35)/t19-,20+,21?,23?/m1/s1. The van der Waals surface area contributed by atoms with Crippen molar-refractivity contribution < 1.29 is 24.2 Å². The van der Waals surface area contributed by atoms with E-state index in [0.717, 1.165) is 21.7 Å². The van der Waals surface area contributed by atoms with Gasteiger partial charge < -0.3 is 30.7 Å². The zero-order valence-electron chi connectivity index (χ0n) is 22.3. The Bertz CT molecular complexity index is 1140. The molecule has 206 valence electrons. The second-order valence-electron chi connectivity index (χ2n) is 10.9. The van der Waals surface area contributed by atoms with E-state index in [0.29, 0.717) is 26.2 Å². The van der Waals surface area contributed by atoms with Gasteiger partial charge in [-0.1, -0.05) is 45.0 Å². The fourth-order valence-corrected chi connectivity index (χ4v) is 5.56. The normalized spacial score (nSPS) is 22.7. The van der Waals surface area contributed by atoms with Crippen molar-refractivity contribution in [2.75, 3.05) is 26.2 Å². The van der Waals surface area contributed by atoms with Gasteiger partial charge in [0.05, 0.1) is 28.8 Å². The molecule has 38 heavy (non-hydrogen) atoms. The lowest BCUT2D eigenvalue weighted by Gasteiger charge is -2.36. The molecule has 2 unspecified atom stereocenters. The molecule has 4 N–H and O–H groups in total. The number of benzene rings is 1. The minimum atomic E-state index is -0.885. The van der Waals surface area contributed by atoms with E-state index in [4.69, 9.17) is 4.74 Å². The fourth-order valence-electron chi connectivity index (χ4n) is 4.75. The van der Waals surface area contributed by atoms with Crippen LogP contribution in [0.5, 0.6) is 0 Å². The van der Waals surface area contributed by atoms with Gasteiger partial charge in [-0.3, -0.25) is 14.4 Å². The number of aliphatic hydroxyl groups excluding tert-OH is 1. The lowest BCUT2D eigenvalue weighted by atomic mass is 9.85. The van der Waals surface area contributed by atoms with E-state index in [9.17, 15) is 19.5 Å². The number of carbonyl (C=O) groups excluding carboxylic acids is 3. The highest BCUT2D eigenvalue weighted by molar-refractivity contribution is 7.13. The summed E-state index contributed by atoms with van der Waals surface area (Å²) in [6.45, 7) is 9.32. The number of aryl methyl sites for hydroxylation is 1. The van der Waals surface area contributed by atoms with Crippen LogP contribution in [0.1, 0.15) is 38.4 Å². The molecule has 2 aromatic rings. The first-order chi connectivity index (χ1) is 18.0. The summed E-state index contributed by atoms with van der Waals surface area (Å²) in [7, 11) is 0. The third-order valence-corrected chi connectivity index (χ3v) is 7.89. The Labute approximate surface area is 227 Å². The molecule has 10 nitrogen and oxygen atoms in total. The van der Waals surface area contributed by atoms with E-state index in [2.05, 4.69) is 20.9 Å². The van der Waals surface area contributed by atoms with Crippen LogP contribution in [0, 0.1) is 12.3 Å². The van der Waals surface area contributed by atoms with Crippen LogP contribution in [0.3, 0.4) is 0 Å². The zero-order chi connectivity index (χ0) is 27.4. The Morgan fingerprint density at radius 3 is 2.58 bits per heavy atom. The van der Waals surface area contributed by atoms with Crippen LogP contribution < -0.4 is 16.0 Å². The van der Waals surface area contributed by atoms with Crippen molar-refractivity contribution in [2.45, 2.75) is 65.0 Å². The average molecular weight is 544 g/mol. The van der Waals surface area contributed by atoms with Crippen molar-refractivity contribution in [3.63, 3.8) is 0 Å². The lowest BCUT2D eigenvalue weighted by Crippen LogP contribution is -2.60. The second-order valence-corrected chi connectivity index (χ2v) is 11.8. The van der Waals surface area contributed by atoms with Crippen molar-refractivity contribution >= 4 is 29.1 Å². The SMILES string of the molecule is Cc1ncsc1-c1ccc(CNC(=O)[C@@H]2C[C@@H](O)CN2C(=O)C(NC(=O)C2CNCCO2)C(C)(C)C)cc1. The molecule has 0 bridgehead atoms. The van der Waals surface area contributed by atoms with Crippen LogP contribution in [0.4, 0.5) is 0 Å². The molecule has 11 heteroatoms. The second kappa shape index (κ2) is 11.9. The van der Waals surface area contributed by atoms with Crippen LogP contribution in [0.25, 0.3) is 10.4 Å². The molecule has 4 atom stereocenters. The minimum absolute atomic E-state index is 0.0315. The molecule has 1 aromatic carbocycles. The van der Waals surface area contributed by atoms with E-state index in [1.54, 1.807) is 11.3 Å². The van der Waals surface area contributed by atoms with Crippen LogP contribution >= 0.6 is 11.3 Å². The highest BCUT2D eigenvalue weighted by Crippen LogP contribution is 2.28. The maximum Gasteiger partial charge on any atom is 0.251 e. The number of ether oxygens (including phenoxy) is 1. The number of rotatable bonds is 7. The van der Waals surface area contributed by atoms with Crippen molar-refractivity contribution in [1.82, 2.24) is 25.8 Å². The van der Waals surface area contributed by atoms with Crippen molar-refractivity contribution in [1.29, 1.82) is 0 Å². The summed E-state index contributed by atoms with van der Waals surface area (Å²) < 4.78 is 5.54. The number of carbonyl (C=O) groups is 3. The highest BCUT2D eigenvalue weighted by atomic mass is 32.1. The molecule has 1 aromatic heterocycles. The number of aliphatic hydroxyl groups is 1. The molecule has 0 aliphatic carbocycles. The monoisotopic (exact) mass is 543 g/mol. The molecule has 0 saturated carbocycles. The summed E-state index contributed by atoms with van der Waals surface area (Å²) in [5.74, 6) is -1.10. The number of nitrogens with zero attached hydrogens (tertiary/aromatic N) is 2. The van der Waals surface area contributed by atoms with E-state index < -0.39 is 35.6 Å². The number of morpholine rings is 1. The number of β-amino-alcohol motifs (C(OH)–C–C–N with tert-alkyl or cyclic N) is 1. The molecule has 2 saturated heterocycles. The minimum Gasteiger partial charge on any atom is -0.391 e.